The van der Waals surface area contributed by atoms with Crippen LogP contribution in [0, 0.1) is 0 Å². The molecule has 60 heavy (non-hydrogen) atoms. The smallest absolute Gasteiger partial charge is 0.264 e. The van der Waals surface area contributed by atoms with Gasteiger partial charge in [0, 0.05) is 0 Å². The Bertz CT molecular complexity index is 909. The first-order chi connectivity index (χ1) is 29.3. The Kier molecular flexibility index (Phi) is 48.2. The number of hydrogen-bond donors (Lipinski definition) is 1. The summed E-state index contributed by atoms with van der Waals surface area (Å²) in [5.74, 6) is -0.114. The molecule has 0 aliphatic carbocycles. The van der Waals surface area contributed by atoms with E-state index in [0.29, 0.717) is 6.42 Å². The van der Waals surface area contributed by atoms with Crippen molar-refractivity contribution in [2.45, 2.75) is 347 Å². The molecule has 0 saturated carbocycles. The number of halogens is 1. The van der Waals surface area contributed by atoms with E-state index in [1.807, 2.05) is 0 Å². The molecule has 5 heteroatoms. The van der Waals surface area contributed by atoms with E-state index in [4.69, 9.17) is 4.55 Å². The van der Waals surface area contributed by atoms with Crippen LogP contribution in [-0.4, -0.2) is 24.4 Å². The Balaban J connectivity index is 4.05. The Morgan fingerprint density at radius 3 is 0.600 bits per heavy atom. The maximum Gasteiger partial charge on any atom is 0.264 e. The van der Waals surface area contributed by atoms with Crippen molar-refractivity contribution < 1.29 is 17.4 Å². The van der Waals surface area contributed by atoms with E-state index < -0.39 is 15.8 Å². The van der Waals surface area contributed by atoms with Gasteiger partial charge in [0.1, 0.15) is 5.67 Å². The molecule has 0 fully saturated rings. The first-order valence-electron chi connectivity index (χ1n) is 28.0. The molecule has 0 bridgehead atoms. The molecule has 0 heterocycles. The number of alkyl halides is 1. The second-order valence-electron chi connectivity index (χ2n) is 20.0. The van der Waals surface area contributed by atoms with E-state index in [1.165, 1.54) is 257 Å². The molecule has 0 aromatic heterocycles. The second kappa shape index (κ2) is 48.3. The van der Waals surface area contributed by atoms with E-state index in [0.717, 1.165) is 64.2 Å². The maximum absolute atomic E-state index is 16.4. The van der Waals surface area contributed by atoms with Crippen LogP contribution in [0.1, 0.15) is 341 Å². The van der Waals surface area contributed by atoms with Gasteiger partial charge in [0.15, 0.2) is 0 Å². The summed E-state index contributed by atoms with van der Waals surface area (Å²) < 4.78 is 47.0. The van der Waals surface area contributed by atoms with Crippen molar-refractivity contribution in [2.75, 3.05) is 5.75 Å². The second-order valence-corrected chi connectivity index (χ2v) is 21.5. The molecule has 0 aliphatic rings. The normalized spacial score (nSPS) is 13.1. The predicted molar refractivity (Wildman–Crippen MR) is 267 cm³/mol. The molecule has 0 spiro atoms. The third-order valence-electron chi connectivity index (χ3n) is 13.7. The lowest BCUT2D eigenvalue weighted by Gasteiger charge is -2.26. The van der Waals surface area contributed by atoms with Gasteiger partial charge in [0.2, 0.25) is 0 Å². The van der Waals surface area contributed by atoms with Crippen LogP contribution in [0.15, 0.2) is 0 Å². The minimum Gasteiger partial charge on any atom is -0.286 e. The molecule has 1 atom stereocenters. The number of hydrogen-bond acceptors (Lipinski definition) is 2. The molecule has 1 unspecified atom stereocenters. The lowest BCUT2D eigenvalue weighted by atomic mass is 9.86. The third-order valence-corrected chi connectivity index (χ3v) is 14.5. The lowest BCUT2D eigenvalue weighted by Crippen LogP contribution is -2.23. The summed E-state index contributed by atoms with van der Waals surface area (Å²) >= 11 is 0. The highest BCUT2D eigenvalue weighted by Gasteiger charge is 2.27. The first-order valence-corrected chi connectivity index (χ1v) is 29.6. The van der Waals surface area contributed by atoms with Gasteiger partial charge in [-0.2, -0.15) is 8.42 Å². The minimum absolute atomic E-state index is 0.114. The van der Waals surface area contributed by atoms with E-state index in [2.05, 4.69) is 13.8 Å². The van der Waals surface area contributed by atoms with Gasteiger partial charge in [0.25, 0.3) is 10.1 Å². The fraction of sp³-hybridized carbons (Fsp3) is 1.00. The zero-order valence-electron chi connectivity index (χ0n) is 41.3. The van der Waals surface area contributed by atoms with Crippen LogP contribution in [0.5, 0.6) is 0 Å². The van der Waals surface area contributed by atoms with Crippen LogP contribution >= 0.6 is 0 Å². The van der Waals surface area contributed by atoms with Crippen molar-refractivity contribution in [3.63, 3.8) is 0 Å². The highest BCUT2D eigenvalue weighted by Crippen LogP contribution is 2.33. The van der Waals surface area contributed by atoms with E-state index in [9.17, 15) is 8.42 Å². The molecule has 0 amide bonds. The summed E-state index contributed by atoms with van der Waals surface area (Å²) in [6.07, 6.45) is 65.4. The topological polar surface area (TPSA) is 54.4 Å². The van der Waals surface area contributed by atoms with E-state index in [-0.39, 0.29) is 5.75 Å². The molecule has 0 aromatic rings. The first kappa shape index (κ1) is 59.8. The average Bonchev–Trinajstić information content (AvgIpc) is 3.22. The number of rotatable bonds is 53. The molecule has 0 rings (SSSR count). The van der Waals surface area contributed by atoms with Crippen molar-refractivity contribution in [3.8, 4) is 0 Å². The van der Waals surface area contributed by atoms with Crippen LogP contribution in [0.2, 0.25) is 0 Å². The zero-order chi connectivity index (χ0) is 43.8. The van der Waals surface area contributed by atoms with Gasteiger partial charge in [-0.3, -0.25) is 4.55 Å². The standard InChI is InChI=1S/C55H111FO3S/c1-3-5-7-9-11-13-15-17-19-21-23-24-25-27-29-31-33-36-40-44-48-52-55(56,53-49-45-41-37-34-38-42-46-50-54-60(57,58)59)51-47-43-39-35-32-30-28-26-22-20-18-16-14-12-10-8-6-4-2/h3-54H2,1-2H3,(H,57,58,59). The summed E-state index contributed by atoms with van der Waals surface area (Å²) in [7, 11) is -3.82. The summed E-state index contributed by atoms with van der Waals surface area (Å²) in [6, 6.07) is 0. The van der Waals surface area contributed by atoms with Crippen molar-refractivity contribution in [1.82, 2.24) is 0 Å². The molecule has 0 saturated heterocycles. The summed E-state index contributed by atoms with van der Waals surface area (Å²) in [6.45, 7) is 4.59. The van der Waals surface area contributed by atoms with Crippen molar-refractivity contribution in [3.05, 3.63) is 0 Å². The van der Waals surface area contributed by atoms with Gasteiger partial charge in [-0.15, -0.1) is 0 Å². The van der Waals surface area contributed by atoms with Crippen LogP contribution in [0.4, 0.5) is 4.39 Å². The highest BCUT2D eigenvalue weighted by atomic mass is 32.2. The Hall–Kier alpha value is -0.160. The van der Waals surface area contributed by atoms with Gasteiger partial charge in [-0.1, -0.05) is 316 Å². The number of unbranched alkanes of at least 4 members (excludes halogenated alkanes) is 45. The SMILES string of the molecule is CCCCCCCCCCCCCCCCCCCCCCCC(F)(CCCCCCCCCCCCCCCCCCCC)CCCCCCCCCCCS(=O)(=O)O. The van der Waals surface area contributed by atoms with Crippen LogP contribution in [0.3, 0.4) is 0 Å². The summed E-state index contributed by atoms with van der Waals surface area (Å²) in [5.41, 5.74) is -0.962. The van der Waals surface area contributed by atoms with Crippen molar-refractivity contribution in [1.29, 1.82) is 0 Å². The Morgan fingerprint density at radius 1 is 0.283 bits per heavy atom. The average molecular weight is 872 g/mol. The Labute approximate surface area is 378 Å². The quantitative estimate of drug-likeness (QED) is 0.0489. The molecule has 3 nitrogen and oxygen atoms in total. The molecule has 0 aliphatic heterocycles. The third kappa shape index (κ3) is 50.5. The van der Waals surface area contributed by atoms with Gasteiger partial charge in [-0.25, -0.2) is 4.39 Å². The Morgan fingerprint density at radius 2 is 0.433 bits per heavy atom. The van der Waals surface area contributed by atoms with Gasteiger partial charge in [0.05, 0.1) is 5.75 Å². The largest absolute Gasteiger partial charge is 0.286 e. The fourth-order valence-electron chi connectivity index (χ4n) is 9.56. The molecule has 1 N–H and O–H groups in total. The summed E-state index contributed by atoms with van der Waals surface area (Å²) in [5, 5.41) is 0. The minimum atomic E-state index is -3.82. The van der Waals surface area contributed by atoms with Gasteiger partial charge in [-0.05, 0) is 25.7 Å². The van der Waals surface area contributed by atoms with Crippen LogP contribution in [0.25, 0.3) is 0 Å². The monoisotopic (exact) mass is 871 g/mol. The molecule has 362 valence electrons. The summed E-state index contributed by atoms with van der Waals surface area (Å²) in [4.78, 5) is 0. The van der Waals surface area contributed by atoms with Crippen molar-refractivity contribution in [2.24, 2.45) is 0 Å². The predicted octanol–water partition coefficient (Wildman–Crippen LogP) is 20.5. The molecule has 0 aromatic carbocycles. The van der Waals surface area contributed by atoms with Crippen molar-refractivity contribution >= 4 is 10.1 Å². The van der Waals surface area contributed by atoms with E-state index >= 15 is 4.39 Å². The van der Waals surface area contributed by atoms with E-state index in [1.54, 1.807) is 0 Å². The fourth-order valence-corrected chi connectivity index (χ4v) is 10.1. The maximum atomic E-state index is 16.4. The van der Waals surface area contributed by atoms with Gasteiger partial charge < -0.3 is 0 Å². The molecule has 0 radical (unpaired) electrons. The molecular weight excluding hydrogens is 760 g/mol. The lowest BCUT2D eigenvalue weighted by molar-refractivity contribution is 0.111. The highest BCUT2D eigenvalue weighted by molar-refractivity contribution is 7.85. The van der Waals surface area contributed by atoms with Crippen LogP contribution in [-0.2, 0) is 10.1 Å². The zero-order valence-corrected chi connectivity index (χ0v) is 42.1. The molecular formula is C55H111FO3S. The van der Waals surface area contributed by atoms with Gasteiger partial charge >= 0.3 is 0 Å². The van der Waals surface area contributed by atoms with Crippen LogP contribution < -0.4 is 0 Å².